The molecule has 0 saturated carbocycles. The Morgan fingerprint density at radius 2 is 2.05 bits per heavy atom. The summed E-state index contributed by atoms with van der Waals surface area (Å²) in [6.45, 7) is 1.82. The highest BCUT2D eigenvalue weighted by Crippen LogP contribution is 2.31. The van der Waals surface area contributed by atoms with Gasteiger partial charge in [0.2, 0.25) is 0 Å². The van der Waals surface area contributed by atoms with Crippen molar-refractivity contribution in [2.75, 3.05) is 30.0 Å². The number of sulfone groups is 1. The van der Waals surface area contributed by atoms with Crippen molar-refractivity contribution in [3.63, 3.8) is 0 Å². The van der Waals surface area contributed by atoms with Crippen LogP contribution in [-0.2, 0) is 9.84 Å². The molecule has 0 bridgehead atoms. The third-order valence-corrected chi connectivity index (χ3v) is 5.17. The van der Waals surface area contributed by atoms with E-state index in [2.05, 4.69) is 4.90 Å². The molecule has 2 rings (SSSR count). The zero-order valence-electron chi connectivity index (χ0n) is 10.8. The molecule has 0 aliphatic carbocycles. The Balaban J connectivity index is 1.96. The van der Waals surface area contributed by atoms with Crippen molar-refractivity contribution >= 4 is 38.7 Å². The summed E-state index contributed by atoms with van der Waals surface area (Å²) in [6.07, 6.45) is 3.05. The lowest BCUT2D eigenvalue weighted by atomic mass is 10.1. The van der Waals surface area contributed by atoms with Gasteiger partial charge in [-0.3, -0.25) is 0 Å². The fourth-order valence-electron chi connectivity index (χ4n) is 2.37. The second kappa shape index (κ2) is 5.90. The van der Waals surface area contributed by atoms with E-state index in [1.807, 2.05) is 12.1 Å². The molecule has 6 heteroatoms. The maximum Gasteiger partial charge on any atom is 0.147 e. The van der Waals surface area contributed by atoms with Gasteiger partial charge in [-0.15, -0.1) is 0 Å². The van der Waals surface area contributed by atoms with E-state index >= 15 is 0 Å². The molecule has 0 N–H and O–H groups in total. The number of hydrogen-bond acceptors (Lipinski definition) is 3. The molecule has 0 amide bonds. The monoisotopic (exact) mass is 321 g/mol. The van der Waals surface area contributed by atoms with Crippen molar-refractivity contribution in [2.24, 2.45) is 5.92 Å². The molecule has 19 heavy (non-hydrogen) atoms. The summed E-state index contributed by atoms with van der Waals surface area (Å²) < 4.78 is 22.4. The smallest absolute Gasteiger partial charge is 0.147 e. The Hall–Kier alpha value is -0.450. The number of hydrogen-bond donors (Lipinski definition) is 0. The number of halogens is 2. The van der Waals surface area contributed by atoms with Crippen molar-refractivity contribution in [2.45, 2.75) is 12.8 Å². The fourth-order valence-corrected chi connectivity index (χ4v) is 3.42. The third-order valence-electron chi connectivity index (χ3n) is 3.45. The van der Waals surface area contributed by atoms with Gasteiger partial charge >= 0.3 is 0 Å². The molecule has 0 spiro atoms. The van der Waals surface area contributed by atoms with E-state index in [1.165, 1.54) is 6.26 Å². The van der Waals surface area contributed by atoms with Gasteiger partial charge in [0.05, 0.1) is 15.8 Å². The molecule has 106 valence electrons. The first-order valence-electron chi connectivity index (χ1n) is 6.23. The summed E-state index contributed by atoms with van der Waals surface area (Å²) in [5.41, 5.74) is 1.05. The predicted molar refractivity (Wildman–Crippen MR) is 81.1 cm³/mol. The Morgan fingerprint density at radius 1 is 1.32 bits per heavy atom. The van der Waals surface area contributed by atoms with Crippen LogP contribution in [0.1, 0.15) is 12.8 Å². The third kappa shape index (κ3) is 4.26. The maximum atomic E-state index is 11.2. The van der Waals surface area contributed by atoms with E-state index in [-0.39, 0.29) is 5.75 Å². The van der Waals surface area contributed by atoms with Gasteiger partial charge in [-0.1, -0.05) is 23.2 Å². The van der Waals surface area contributed by atoms with Crippen LogP contribution in [0, 0.1) is 5.92 Å². The van der Waals surface area contributed by atoms with Crippen molar-refractivity contribution in [3.8, 4) is 0 Å². The predicted octanol–water partition coefficient (Wildman–Crippen LogP) is 3.25. The molecule has 3 nitrogen and oxygen atoms in total. The lowest BCUT2D eigenvalue weighted by Crippen LogP contribution is -2.20. The van der Waals surface area contributed by atoms with Crippen molar-refractivity contribution < 1.29 is 8.42 Å². The quantitative estimate of drug-likeness (QED) is 0.854. The van der Waals surface area contributed by atoms with E-state index in [1.54, 1.807) is 6.07 Å². The number of nitrogens with zero attached hydrogens (tertiary/aromatic N) is 1. The van der Waals surface area contributed by atoms with Crippen molar-refractivity contribution in [3.05, 3.63) is 28.2 Å². The van der Waals surface area contributed by atoms with Crippen molar-refractivity contribution in [1.29, 1.82) is 0 Å². The molecule has 1 saturated heterocycles. The first kappa shape index (κ1) is 14.9. The van der Waals surface area contributed by atoms with E-state index in [9.17, 15) is 8.42 Å². The Labute approximate surface area is 124 Å². The summed E-state index contributed by atoms with van der Waals surface area (Å²) in [5.74, 6) is 0.705. The molecule has 1 fully saturated rings. The van der Waals surface area contributed by atoms with Gasteiger partial charge in [-0.25, -0.2) is 8.42 Å². The van der Waals surface area contributed by atoms with Crippen LogP contribution in [-0.4, -0.2) is 33.5 Å². The molecular weight excluding hydrogens is 305 g/mol. The second-order valence-electron chi connectivity index (χ2n) is 5.12. The maximum absolute atomic E-state index is 11.2. The number of rotatable bonds is 4. The van der Waals surface area contributed by atoms with Crippen LogP contribution >= 0.6 is 23.2 Å². The van der Waals surface area contributed by atoms with E-state index in [0.29, 0.717) is 16.0 Å². The molecule has 1 aliphatic rings. The fraction of sp³-hybridized carbons (Fsp3) is 0.538. The van der Waals surface area contributed by atoms with Crippen LogP contribution < -0.4 is 4.90 Å². The Morgan fingerprint density at radius 3 is 2.68 bits per heavy atom. The molecule has 1 atom stereocenters. The zero-order valence-corrected chi connectivity index (χ0v) is 13.1. The van der Waals surface area contributed by atoms with Gasteiger partial charge in [0, 0.05) is 25.0 Å². The van der Waals surface area contributed by atoms with Crippen LogP contribution in [0.25, 0.3) is 0 Å². The van der Waals surface area contributed by atoms with Gasteiger partial charge in [-0.05, 0) is 37.0 Å². The Bertz CT molecular complexity index is 560. The number of anilines is 1. The van der Waals surface area contributed by atoms with Crippen LogP contribution in [0.4, 0.5) is 5.69 Å². The Kier molecular flexibility index (Phi) is 4.64. The minimum Gasteiger partial charge on any atom is -0.371 e. The minimum atomic E-state index is -2.86. The summed E-state index contributed by atoms with van der Waals surface area (Å²) in [5, 5.41) is 1.11. The molecule has 1 aromatic rings. The number of benzene rings is 1. The van der Waals surface area contributed by atoms with E-state index in [0.717, 1.165) is 31.6 Å². The first-order chi connectivity index (χ1) is 8.85. The van der Waals surface area contributed by atoms with E-state index < -0.39 is 9.84 Å². The lowest BCUT2D eigenvalue weighted by molar-refractivity contribution is 0.552. The largest absolute Gasteiger partial charge is 0.371 e. The molecule has 0 aromatic heterocycles. The highest BCUT2D eigenvalue weighted by molar-refractivity contribution is 7.90. The summed E-state index contributed by atoms with van der Waals surface area (Å²) in [7, 11) is -2.86. The van der Waals surface area contributed by atoms with Gasteiger partial charge in [0.25, 0.3) is 0 Å². The van der Waals surface area contributed by atoms with Crippen LogP contribution in [0.3, 0.4) is 0 Å². The average molecular weight is 322 g/mol. The summed E-state index contributed by atoms with van der Waals surface area (Å²) in [4.78, 5) is 2.23. The molecule has 1 aliphatic heterocycles. The van der Waals surface area contributed by atoms with Gasteiger partial charge in [0.1, 0.15) is 9.84 Å². The minimum absolute atomic E-state index is 0.271. The van der Waals surface area contributed by atoms with Crippen LogP contribution in [0.15, 0.2) is 18.2 Å². The van der Waals surface area contributed by atoms with Crippen molar-refractivity contribution in [1.82, 2.24) is 0 Å². The van der Waals surface area contributed by atoms with Crippen LogP contribution in [0.2, 0.25) is 10.0 Å². The van der Waals surface area contributed by atoms with Gasteiger partial charge in [0.15, 0.2) is 0 Å². The standard InChI is InChI=1S/C13H17Cl2NO2S/c1-19(17,18)7-5-10-4-6-16(9-10)11-2-3-12(14)13(15)8-11/h2-3,8,10H,4-7,9H2,1H3. The van der Waals surface area contributed by atoms with Gasteiger partial charge < -0.3 is 4.90 Å². The lowest BCUT2D eigenvalue weighted by Gasteiger charge is -2.19. The second-order valence-corrected chi connectivity index (χ2v) is 8.19. The highest BCUT2D eigenvalue weighted by Gasteiger charge is 2.23. The highest BCUT2D eigenvalue weighted by atomic mass is 35.5. The molecule has 1 aromatic carbocycles. The molecular formula is C13H17Cl2NO2S. The van der Waals surface area contributed by atoms with Gasteiger partial charge in [-0.2, -0.15) is 0 Å². The summed E-state index contributed by atoms with van der Waals surface area (Å²) >= 11 is 11.9. The first-order valence-corrected chi connectivity index (χ1v) is 9.04. The van der Waals surface area contributed by atoms with Crippen LogP contribution in [0.5, 0.6) is 0 Å². The SMILES string of the molecule is CS(=O)(=O)CCC1CCN(c2ccc(Cl)c(Cl)c2)C1. The summed E-state index contributed by atoms with van der Waals surface area (Å²) in [6, 6.07) is 5.61. The topological polar surface area (TPSA) is 37.4 Å². The molecule has 1 unspecified atom stereocenters. The average Bonchev–Trinajstić information content (AvgIpc) is 2.78. The molecule has 0 radical (unpaired) electrons. The zero-order chi connectivity index (χ0) is 14.0. The molecule has 1 heterocycles. The van der Waals surface area contributed by atoms with E-state index in [4.69, 9.17) is 23.2 Å². The normalized spacial score (nSPS) is 19.9.